The highest BCUT2D eigenvalue weighted by Crippen LogP contribution is 2.60. The molecule has 0 spiro atoms. The second-order valence-electron chi connectivity index (χ2n) is 10.3. The van der Waals surface area contributed by atoms with Gasteiger partial charge in [0.2, 0.25) is 11.8 Å². The molecule has 4 saturated carbocycles. The van der Waals surface area contributed by atoms with E-state index in [1.165, 1.54) is 30.4 Å². The van der Waals surface area contributed by atoms with E-state index in [0.717, 1.165) is 62.7 Å². The van der Waals surface area contributed by atoms with Gasteiger partial charge in [-0.3, -0.25) is 9.59 Å². The van der Waals surface area contributed by atoms with Gasteiger partial charge in [0.1, 0.15) is 0 Å². The summed E-state index contributed by atoms with van der Waals surface area (Å²) >= 11 is 0. The molecule has 4 bridgehead atoms. The van der Waals surface area contributed by atoms with E-state index in [2.05, 4.69) is 34.9 Å². The van der Waals surface area contributed by atoms with Crippen LogP contribution in [0, 0.1) is 23.2 Å². The number of hydrogen-bond donors (Lipinski definition) is 2. The Morgan fingerprint density at radius 2 is 1.69 bits per heavy atom. The van der Waals surface area contributed by atoms with Crippen LogP contribution in [0.1, 0.15) is 81.4 Å². The lowest BCUT2D eigenvalue weighted by Gasteiger charge is -2.55. The van der Waals surface area contributed by atoms with Crippen molar-refractivity contribution >= 4 is 11.8 Å². The van der Waals surface area contributed by atoms with Crippen molar-refractivity contribution in [3.05, 3.63) is 35.4 Å². The van der Waals surface area contributed by atoms with Crippen LogP contribution in [0.2, 0.25) is 0 Å². The summed E-state index contributed by atoms with van der Waals surface area (Å²) in [4.78, 5) is 25.4. The summed E-state index contributed by atoms with van der Waals surface area (Å²) in [6.45, 7) is 0.620. The minimum atomic E-state index is -0.0805. The molecule has 4 nitrogen and oxygen atoms in total. The van der Waals surface area contributed by atoms with Crippen LogP contribution in [0.4, 0.5) is 0 Å². The van der Waals surface area contributed by atoms with Gasteiger partial charge in [0, 0.05) is 18.4 Å². The maximum atomic E-state index is 13.0. The molecule has 0 aliphatic heterocycles. The van der Waals surface area contributed by atoms with Crippen molar-refractivity contribution in [1.29, 1.82) is 0 Å². The molecule has 4 heteroatoms. The van der Waals surface area contributed by atoms with Crippen molar-refractivity contribution < 1.29 is 9.59 Å². The standard InChI is InChI=1S/C25H34N2O2/c28-23(27-22-8-3-6-20-5-1-2-7-21(20)22)9-4-10-26-24(29)25-14-17-11-18(15-25)13-19(12-17)16-25/h1-2,5,7,17-19,22H,3-4,6,8-16H2,(H,26,29)(H,27,28)/t17?,18?,19?,22-,25?/m1/s1. The Morgan fingerprint density at radius 1 is 1.00 bits per heavy atom. The van der Waals surface area contributed by atoms with Crippen molar-refractivity contribution in [2.45, 2.75) is 76.7 Å². The van der Waals surface area contributed by atoms with Gasteiger partial charge in [-0.05, 0) is 93.1 Å². The van der Waals surface area contributed by atoms with Crippen LogP contribution in [-0.4, -0.2) is 18.4 Å². The zero-order valence-corrected chi connectivity index (χ0v) is 17.4. The molecule has 0 aromatic heterocycles. The van der Waals surface area contributed by atoms with Crippen LogP contribution in [-0.2, 0) is 16.0 Å². The molecular weight excluding hydrogens is 360 g/mol. The average molecular weight is 395 g/mol. The highest BCUT2D eigenvalue weighted by molar-refractivity contribution is 5.83. The third kappa shape index (κ3) is 3.83. The number of rotatable bonds is 6. The van der Waals surface area contributed by atoms with Gasteiger partial charge in [0.25, 0.3) is 0 Å². The summed E-state index contributed by atoms with van der Waals surface area (Å²) in [5.41, 5.74) is 2.57. The Bertz CT molecular complexity index is 751. The molecule has 0 unspecified atom stereocenters. The Morgan fingerprint density at radius 3 is 2.41 bits per heavy atom. The highest BCUT2D eigenvalue weighted by Gasteiger charge is 2.54. The van der Waals surface area contributed by atoms with Gasteiger partial charge in [0.05, 0.1) is 6.04 Å². The van der Waals surface area contributed by atoms with Crippen molar-refractivity contribution in [3.63, 3.8) is 0 Å². The lowest BCUT2D eigenvalue weighted by molar-refractivity contribution is -0.146. The number of hydrogen-bond acceptors (Lipinski definition) is 2. The van der Waals surface area contributed by atoms with Crippen LogP contribution >= 0.6 is 0 Å². The second kappa shape index (κ2) is 7.77. The molecule has 5 aliphatic carbocycles. The lowest BCUT2D eigenvalue weighted by Crippen LogP contribution is -2.53. The topological polar surface area (TPSA) is 58.2 Å². The molecule has 4 fully saturated rings. The van der Waals surface area contributed by atoms with Gasteiger partial charge in [-0.1, -0.05) is 24.3 Å². The summed E-state index contributed by atoms with van der Waals surface area (Å²) in [7, 11) is 0. The summed E-state index contributed by atoms with van der Waals surface area (Å²) < 4.78 is 0. The number of carbonyl (C=O) groups excluding carboxylic acids is 2. The van der Waals surface area contributed by atoms with E-state index >= 15 is 0 Å². The van der Waals surface area contributed by atoms with Crippen LogP contribution < -0.4 is 10.6 Å². The fraction of sp³-hybridized carbons (Fsp3) is 0.680. The lowest BCUT2D eigenvalue weighted by atomic mass is 9.49. The minimum Gasteiger partial charge on any atom is -0.356 e. The maximum Gasteiger partial charge on any atom is 0.226 e. The first-order valence-electron chi connectivity index (χ1n) is 11.8. The van der Waals surface area contributed by atoms with E-state index in [1.807, 2.05) is 0 Å². The summed E-state index contributed by atoms with van der Waals surface area (Å²) in [6, 6.07) is 8.60. The predicted molar refractivity (Wildman–Crippen MR) is 113 cm³/mol. The Labute approximate surface area is 174 Å². The molecule has 0 radical (unpaired) electrons. The van der Waals surface area contributed by atoms with Crippen LogP contribution in [0.5, 0.6) is 0 Å². The average Bonchev–Trinajstić information content (AvgIpc) is 2.70. The first kappa shape index (κ1) is 19.1. The Balaban J connectivity index is 1.08. The smallest absolute Gasteiger partial charge is 0.226 e. The minimum absolute atomic E-state index is 0.0805. The normalized spacial score (nSPS) is 34.5. The van der Waals surface area contributed by atoms with Gasteiger partial charge >= 0.3 is 0 Å². The molecular formula is C25H34N2O2. The molecule has 2 N–H and O–H groups in total. The van der Waals surface area contributed by atoms with Gasteiger partial charge in [-0.2, -0.15) is 0 Å². The van der Waals surface area contributed by atoms with Crippen molar-refractivity contribution in [2.75, 3.05) is 6.54 Å². The third-order valence-electron chi connectivity index (χ3n) is 8.09. The van der Waals surface area contributed by atoms with E-state index < -0.39 is 0 Å². The van der Waals surface area contributed by atoms with Crippen molar-refractivity contribution in [2.24, 2.45) is 23.2 Å². The summed E-state index contributed by atoms with van der Waals surface area (Å²) in [5.74, 6) is 2.75. The van der Waals surface area contributed by atoms with Crippen molar-refractivity contribution in [1.82, 2.24) is 10.6 Å². The van der Waals surface area contributed by atoms with E-state index in [9.17, 15) is 9.59 Å². The number of amides is 2. The van der Waals surface area contributed by atoms with Crippen LogP contribution in [0.15, 0.2) is 24.3 Å². The van der Waals surface area contributed by atoms with E-state index in [4.69, 9.17) is 0 Å². The fourth-order valence-electron chi connectivity index (χ4n) is 7.20. The molecule has 2 amide bonds. The highest BCUT2D eigenvalue weighted by atomic mass is 16.2. The van der Waals surface area contributed by atoms with Crippen LogP contribution in [0.3, 0.4) is 0 Å². The molecule has 0 heterocycles. The summed E-state index contributed by atoms with van der Waals surface area (Å²) in [6.07, 6.45) is 11.8. The van der Waals surface area contributed by atoms with Gasteiger partial charge < -0.3 is 10.6 Å². The second-order valence-corrected chi connectivity index (χ2v) is 10.3. The zero-order chi connectivity index (χ0) is 19.8. The quantitative estimate of drug-likeness (QED) is 0.707. The SMILES string of the molecule is O=C(CCCNC(=O)C12CC3CC(CC(C3)C1)C2)N[C@@H]1CCCc2ccccc21. The molecule has 29 heavy (non-hydrogen) atoms. The maximum absolute atomic E-state index is 13.0. The molecule has 6 rings (SSSR count). The number of aryl methyl sites for hydroxylation is 1. The molecule has 1 aromatic carbocycles. The molecule has 1 atom stereocenters. The van der Waals surface area contributed by atoms with Gasteiger partial charge in [-0.15, -0.1) is 0 Å². The predicted octanol–water partition coefficient (Wildman–Crippen LogP) is 4.29. The number of nitrogens with one attached hydrogen (secondary N) is 2. The monoisotopic (exact) mass is 394 g/mol. The molecule has 156 valence electrons. The van der Waals surface area contributed by atoms with Crippen LogP contribution in [0.25, 0.3) is 0 Å². The Hall–Kier alpha value is -1.84. The van der Waals surface area contributed by atoms with E-state index in [1.54, 1.807) is 0 Å². The van der Waals surface area contributed by atoms with Crippen molar-refractivity contribution in [3.8, 4) is 0 Å². The molecule has 0 saturated heterocycles. The molecule has 5 aliphatic rings. The number of benzene rings is 1. The van der Waals surface area contributed by atoms with Gasteiger partial charge in [-0.25, -0.2) is 0 Å². The van der Waals surface area contributed by atoms with Gasteiger partial charge in [0.15, 0.2) is 0 Å². The van der Waals surface area contributed by atoms with E-state index in [-0.39, 0.29) is 23.3 Å². The van der Waals surface area contributed by atoms with E-state index in [0.29, 0.717) is 13.0 Å². The third-order valence-corrected chi connectivity index (χ3v) is 8.09. The number of carbonyl (C=O) groups is 2. The fourth-order valence-corrected chi connectivity index (χ4v) is 7.20. The number of fused-ring (bicyclic) bond motifs is 1. The first-order chi connectivity index (χ1) is 14.1. The zero-order valence-electron chi connectivity index (χ0n) is 17.4. The largest absolute Gasteiger partial charge is 0.356 e. The molecule has 1 aromatic rings. The first-order valence-corrected chi connectivity index (χ1v) is 11.8. The Kier molecular flexibility index (Phi) is 5.13. The summed E-state index contributed by atoms with van der Waals surface area (Å²) in [5, 5.41) is 6.42.